The van der Waals surface area contributed by atoms with Gasteiger partial charge in [-0.25, -0.2) is 17.8 Å². The molecule has 1 N–H and O–H groups in total. The Hall–Kier alpha value is -3.37. The number of ether oxygens (including phenoxy) is 1. The summed E-state index contributed by atoms with van der Waals surface area (Å²) in [5.41, 5.74) is 1.47. The summed E-state index contributed by atoms with van der Waals surface area (Å²) < 4.78 is 71.5. The van der Waals surface area contributed by atoms with Gasteiger partial charge in [0.15, 0.2) is 15.7 Å². The van der Waals surface area contributed by atoms with Crippen LogP contribution < -0.4 is 4.74 Å². The Kier molecular flexibility index (Phi) is 5.37. The SMILES string of the molecule is CS(=O)(=O)c1ccc(-c2ccc3nc4n(c3c2F)[C@H](c2ccccc2OC(F)F)CC4O)cc1. The fraction of sp³-hybridized carbons (Fsp3) is 0.208. The number of sulfone groups is 1. The van der Waals surface area contributed by atoms with Gasteiger partial charge < -0.3 is 14.4 Å². The number of imidazole rings is 1. The molecule has 0 radical (unpaired) electrons. The molecule has 1 unspecified atom stereocenters. The molecule has 6 nitrogen and oxygen atoms in total. The van der Waals surface area contributed by atoms with Crippen molar-refractivity contribution >= 4 is 20.9 Å². The zero-order chi connectivity index (χ0) is 24.2. The van der Waals surface area contributed by atoms with E-state index in [2.05, 4.69) is 9.72 Å². The first-order chi connectivity index (χ1) is 16.1. The van der Waals surface area contributed by atoms with Gasteiger partial charge in [-0.05, 0) is 35.9 Å². The Balaban J connectivity index is 1.67. The maximum absolute atomic E-state index is 15.9. The van der Waals surface area contributed by atoms with Crippen molar-refractivity contribution in [1.29, 1.82) is 0 Å². The largest absolute Gasteiger partial charge is 0.434 e. The van der Waals surface area contributed by atoms with E-state index < -0.39 is 34.4 Å². The van der Waals surface area contributed by atoms with Crippen LogP contribution in [-0.2, 0) is 9.84 Å². The Morgan fingerprint density at radius 2 is 1.79 bits per heavy atom. The average Bonchev–Trinajstić information content (AvgIpc) is 3.31. The second kappa shape index (κ2) is 8.14. The minimum absolute atomic E-state index is 0.0580. The summed E-state index contributed by atoms with van der Waals surface area (Å²) >= 11 is 0. The molecule has 1 aromatic heterocycles. The highest BCUT2D eigenvalue weighted by Crippen LogP contribution is 2.45. The fourth-order valence-corrected chi connectivity index (χ4v) is 5.10. The first kappa shape index (κ1) is 22.4. The van der Waals surface area contributed by atoms with Gasteiger partial charge in [0.05, 0.1) is 16.5 Å². The van der Waals surface area contributed by atoms with Gasteiger partial charge in [0.1, 0.15) is 23.2 Å². The van der Waals surface area contributed by atoms with Crippen molar-refractivity contribution in [3.8, 4) is 16.9 Å². The van der Waals surface area contributed by atoms with Crippen molar-refractivity contribution in [2.75, 3.05) is 6.26 Å². The van der Waals surface area contributed by atoms with E-state index in [0.29, 0.717) is 16.6 Å². The Bertz CT molecular complexity index is 1500. The van der Waals surface area contributed by atoms with E-state index in [1.807, 2.05) is 0 Å². The maximum atomic E-state index is 15.9. The molecule has 10 heteroatoms. The average molecular weight is 488 g/mol. The molecule has 0 amide bonds. The number of aliphatic hydroxyl groups excluding tert-OH is 1. The van der Waals surface area contributed by atoms with Crippen LogP contribution in [0.5, 0.6) is 5.75 Å². The topological polar surface area (TPSA) is 81.4 Å². The summed E-state index contributed by atoms with van der Waals surface area (Å²) in [6, 6.07) is 14.5. The van der Waals surface area contributed by atoms with Crippen molar-refractivity contribution < 1.29 is 31.4 Å². The zero-order valence-corrected chi connectivity index (χ0v) is 18.6. The predicted octanol–water partition coefficient (Wildman–Crippen LogP) is 4.87. The third-order valence-corrected chi connectivity index (χ3v) is 7.09. The van der Waals surface area contributed by atoms with Gasteiger partial charge in [-0.15, -0.1) is 0 Å². The van der Waals surface area contributed by atoms with Crippen LogP contribution in [-0.4, -0.2) is 35.9 Å². The first-order valence-electron chi connectivity index (χ1n) is 10.4. The van der Waals surface area contributed by atoms with Crippen LogP contribution in [0.4, 0.5) is 13.2 Å². The number of aliphatic hydroxyl groups is 1. The molecule has 176 valence electrons. The molecular formula is C24H19F3N2O4S. The van der Waals surface area contributed by atoms with E-state index in [1.54, 1.807) is 24.3 Å². The first-order valence-corrected chi connectivity index (χ1v) is 12.3. The van der Waals surface area contributed by atoms with Crippen LogP contribution >= 0.6 is 0 Å². The highest BCUT2D eigenvalue weighted by molar-refractivity contribution is 7.90. The van der Waals surface area contributed by atoms with E-state index in [4.69, 9.17) is 0 Å². The molecule has 0 bridgehead atoms. The van der Waals surface area contributed by atoms with Crippen molar-refractivity contribution in [1.82, 2.24) is 9.55 Å². The van der Waals surface area contributed by atoms with Crippen LogP contribution in [0.3, 0.4) is 0 Å². The Labute approximate surface area is 193 Å². The molecule has 0 fully saturated rings. The number of aromatic nitrogens is 2. The summed E-state index contributed by atoms with van der Waals surface area (Å²) in [5.74, 6) is -0.442. The van der Waals surface area contributed by atoms with E-state index >= 15 is 4.39 Å². The third kappa shape index (κ3) is 3.72. The minimum atomic E-state index is -3.40. The summed E-state index contributed by atoms with van der Waals surface area (Å²) in [4.78, 5) is 4.50. The number of nitrogens with zero attached hydrogens (tertiary/aromatic N) is 2. The number of hydrogen-bond donors (Lipinski definition) is 1. The summed E-state index contributed by atoms with van der Waals surface area (Å²) in [5, 5.41) is 10.6. The normalized spacial score (nSPS) is 17.9. The molecule has 3 aromatic carbocycles. The predicted molar refractivity (Wildman–Crippen MR) is 119 cm³/mol. The van der Waals surface area contributed by atoms with Gasteiger partial charge in [0, 0.05) is 23.8 Å². The second-order valence-corrected chi connectivity index (χ2v) is 10.1. The summed E-state index contributed by atoms with van der Waals surface area (Å²) in [6.07, 6.45) is 0.189. The van der Waals surface area contributed by atoms with Crippen LogP contribution in [0.25, 0.3) is 22.2 Å². The van der Waals surface area contributed by atoms with Crippen LogP contribution in [0, 0.1) is 5.82 Å². The number of halogens is 3. The van der Waals surface area contributed by atoms with Gasteiger partial charge >= 0.3 is 6.61 Å². The molecule has 2 heterocycles. The van der Waals surface area contributed by atoms with Crippen LogP contribution in [0.2, 0.25) is 0 Å². The molecule has 1 aliphatic rings. The number of alkyl halides is 2. The highest BCUT2D eigenvalue weighted by Gasteiger charge is 2.37. The van der Waals surface area contributed by atoms with Gasteiger partial charge in [0.2, 0.25) is 0 Å². The van der Waals surface area contributed by atoms with Crippen LogP contribution in [0.1, 0.15) is 30.0 Å². The van der Waals surface area contributed by atoms with Gasteiger partial charge in [-0.2, -0.15) is 8.78 Å². The number of hydrogen-bond acceptors (Lipinski definition) is 5. The quantitative estimate of drug-likeness (QED) is 0.433. The molecule has 0 aliphatic carbocycles. The lowest BCUT2D eigenvalue weighted by Gasteiger charge is -2.19. The lowest BCUT2D eigenvalue weighted by atomic mass is 10.0. The summed E-state index contributed by atoms with van der Waals surface area (Å²) in [6.45, 7) is -3.04. The Morgan fingerprint density at radius 3 is 2.47 bits per heavy atom. The van der Waals surface area contributed by atoms with Crippen molar-refractivity contribution in [2.24, 2.45) is 0 Å². The maximum Gasteiger partial charge on any atom is 0.387 e. The molecule has 34 heavy (non-hydrogen) atoms. The Morgan fingerprint density at radius 1 is 1.09 bits per heavy atom. The lowest BCUT2D eigenvalue weighted by Crippen LogP contribution is -2.11. The minimum Gasteiger partial charge on any atom is -0.434 e. The molecule has 2 atom stereocenters. The van der Waals surface area contributed by atoms with E-state index in [9.17, 15) is 22.3 Å². The molecule has 1 aliphatic heterocycles. The zero-order valence-electron chi connectivity index (χ0n) is 17.8. The number of para-hydroxylation sites is 1. The van der Waals surface area contributed by atoms with E-state index in [1.165, 1.54) is 41.0 Å². The number of benzene rings is 3. The molecule has 4 aromatic rings. The standard InChI is InChI=1S/C24H19F3N2O4S/c1-34(31,32)14-8-6-13(7-9-14)15-10-11-17-22(21(15)25)29-18(12-19(30)23(29)28-17)16-4-2-3-5-20(16)33-24(26)27/h2-11,18-19,24,30H,12H2,1H3/t18-,19?/m0/s1. The molecular weight excluding hydrogens is 469 g/mol. The third-order valence-electron chi connectivity index (χ3n) is 5.96. The number of fused-ring (bicyclic) bond motifs is 3. The van der Waals surface area contributed by atoms with E-state index in [-0.39, 0.29) is 34.0 Å². The molecule has 5 rings (SSSR count). The highest BCUT2D eigenvalue weighted by atomic mass is 32.2. The monoisotopic (exact) mass is 488 g/mol. The van der Waals surface area contributed by atoms with Gasteiger partial charge in [0.25, 0.3) is 0 Å². The molecule has 0 saturated heterocycles. The fourth-order valence-electron chi connectivity index (χ4n) is 4.47. The smallest absolute Gasteiger partial charge is 0.387 e. The van der Waals surface area contributed by atoms with Gasteiger partial charge in [-0.1, -0.05) is 30.3 Å². The lowest BCUT2D eigenvalue weighted by molar-refractivity contribution is -0.0507. The molecule has 0 saturated carbocycles. The second-order valence-electron chi connectivity index (χ2n) is 8.12. The van der Waals surface area contributed by atoms with Crippen molar-refractivity contribution in [3.05, 3.63) is 77.9 Å². The van der Waals surface area contributed by atoms with Crippen molar-refractivity contribution in [2.45, 2.75) is 30.1 Å². The molecule has 0 spiro atoms. The van der Waals surface area contributed by atoms with E-state index in [0.717, 1.165) is 6.26 Å². The van der Waals surface area contributed by atoms with Crippen LogP contribution in [0.15, 0.2) is 65.6 Å². The van der Waals surface area contributed by atoms with Gasteiger partial charge in [-0.3, -0.25) is 0 Å². The van der Waals surface area contributed by atoms with Crippen molar-refractivity contribution in [3.63, 3.8) is 0 Å². The summed E-state index contributed by atoms with van der Waals surface area (Å²) in [7, 11) is -3.40. The number of rotatable bonds is 5.